The summed E-state index contributed by atoms with van der Waals surface area (Å²) >= 11 is 0. The minimum Gasteiger partial charge on any atom is -0.469 e. The van der Waals surface area contributed by atoms with Gasteiger partial charge in [-0.1, -0.05) is 6.08 Å². The van der Waals surface area contributed by atoms with E-state index in [0.29, 0.717) is 0 Å². The predicted molar refractivity (Wildman–Crippen MR) is 68.4 cm³/mol. The summed E-state index contributed by atoms with van der Waals surface area (Å²) in [4.78, 5) is 23.2. The summed E-state index contributed by atoms with van der Waals surface area (Å²) in [7, 11) is 3.92. The highest BCUT2D eigenvalue weighted by Gasteiger charge is 2.44. The van der Waals surface area contributed by atoms with E-state index in [9.17, 15) is 14.7 Å². The van der Waals surface area contributed by atoms with Gasteiger partial charge in [-0.3, -0.25) is 9.59 Å². The first-order valence-electron chi connectivity index (χ1n) is 5.83. The molecule has 0 rings (SSSR count). The predicted octanol–water partition coefficient (Wildman–Crippen LogP) is 0.681. The molecule has 0 radical (unpaired) electrons. The Kier molecular flexibility index (Phi) is 7.51. The standard InChI is InChI=1S/C13H22O6/c1-6-7-9(10(14)8-11(15)17-3)13(2,16)12(18-4)19-5/h6,9,12,16H,1,7-8H2,2-5H3. The molecule has 0 aromatic heterocycles. The van der Waals surface area contributed by atoms with Crippen LogP contribution in [-0.2, 0) is 23.8 Å². The molecule has 0 aliphatic heterocycles. The Morgan fingerprint density at radius 3 is 2.21 bits per heavy atom. The van der Waals surface area contributed by atoms with Crippen molar-refractivity contribution in [2.24, 2.45) is 5.92 Å². The lowest BCUT2D eigenvalue weighted by Gasteiger charge is -2.36. The normalized spacial score (nSPS) is 15.7. The number of allylic oxidation sites excluding steroid dienone is 1. The van der Waals surface area contributed by atoms with E-state index < -0.39 is 36.0 Å². The second kappa shape index (κ2) is 8.04. The van der Waals surface area contributed by atoms with E-state index >= 15 is 0 Å². The minimum absolute atomic E-state index is 0.200. The number of rotatable bonds is 9. The van der Waals surface area contributed by atoms with E-state index in [-0.39, 0.29) is 6.42 Å². The van der Waals surface area contributed by atoms with Crippen molar-refractivity contribution in [3.05, 3.63) is 12.7 Å². The molecule has 110 valence electrons. The second-order valence-electron chi connectivity index (χ2n) is 4.33. The van der Waals surface area contributed by atoms with E-state index in [2.05, 4.69) is 11.3 Å². The number of ether oxygens (including phenoxy) is 3. The Labute approximate surface area is 113 Å². The lowest BCUT2D eigenvalue weighted by atomic mass is 9.81. The van der Waals surface area contributed by atoms with Crippen LogP contribution in [0.1, 0.15) is 19.8 Å². The number of hydrogen-bond donors (Lipinski definition) is 1. The lowest BCUT2D eigenvalue weighted by molar-refractivity contribution is -0.225. The number of ketones is 1. The van der Waals surface area contributed by atoms with Gasteiger partial charge < -0.3 is 19.3 Å². The monoisotopic (exact) mass is 274 g/mol. The first-order chi connectivity index (χ1) is 8.84. The van der Waals surface area contributed by atoms with E-state index in [4.69, 9.17) is 9.47 Å². The van der Waals surface area contributed by atoms with Crippen LogP contribution in [0, 0.1) is 5.92 Å². The average Bonchev–Trinajstić information content (AvgIpc) is 2.36. The molecule has 0 spiro atoms. The maximum Gasteiger partial charge on any atom is 0.313 e. The van der Waals surface area contributed by atoms with Gasteiger partial charge in [-0.05, 0) is 13.3 Å². The van der Waals surface area contributed by atoms with Crippen LogP contribution in [0.15, 0.2) is 12.7 Å². The largest absolute Gasteiger partial charge is 0.469 e. The molecule has 0 saturated heterocycles. The molecule has 0 aliphatic rings. The topological polar surface area (TPSA) is 82.1 Å². The summed E-state index contributed by atoms with van der Waals surface area (Å²) in [6.07, 6.45) is 0.299. The zero-order valence-electron chi connectivity index (χ0n) is 11.8. The first-order valence-corrected chi connectivity index (χ1v) is 5.83. The smallest absolute Gasteiger partial charge is 0.313 e. The molecule has 2 atom stereocenters. The maximum absolute atomic E-state index is 12.1. The number of Topliss-reactive ketones (excluding diaryl/α,β-unsaturated/α-hetero) is 1. The maximum atomic E-state index is 12.1. The second-order valence-corrected chi connectivity index (χ2v) is 4.33. The number of esters is 1. The molecule has 0 heterocycles. The molecule has 2 unspecified atom stereocenters. The molecule has 0 saturated carbocycles. The van der Waals surface area contributed by atoms with Crippen LogP contribution in [0.3, 0.4) is 0 Å². The molecular weight excluding hydrogens is 252 g/mol. The molecule has 1 N–H and O–H groups in total. The third-order valence-electron chi connectivity index (χ3n) is 2.95. The van der Waals surface area contributed by atoms with Gasteiger partial charge in [-0.15, -0.1) is 6.58 Å². The van der Waals surface area contributed by atoms with Crippen LogP contribution >= 0.6 is 0 Å². The van der Waals surface area contributed by atoms with Crippen molar-refractivity contribution in [2.45, 2.75) is 31.7 Å². The van der Waals surface area contributed by atoms with Gasteiger partial charge in [0, 0.05) is 14.2 Å². The van der Waals surface area contributed by atoms with Crippen molar-refractivity contribution < 1.29 is 28.9 Å². The van der Waals surface area contributed by atoms with Crippen LogP contribution in [0.4, 0.5) is 0 Å². The number of methoxy groups -OCH3 is 3. The summed E-state index contributed by atoms with van der Waals surface area (Å²) in [5.41, 5.74) is -1.58. The van der Waals surface area contributed by atoms with Gasteiger partial charge in [0.15, 0.2) is 6.29 Å². The van der Waals surface area contributed by atoms with Crippen molar-refractivity contribution in [1.29, 1.82) is 0 Å². The molecule has 19 heavy (non-hydrogen) atoms. The van der Waals surface area contributed by atoms with E-state index in [0.717, 1.165) is 0 Å². The molecule has 6 nitrogen and oxygen atoms in total. The van der Waals surface area contributed by atoms with E-state index in [1.54, 1.807) is 0 Å². The zero-order chi connectivity index (χ0) is 15.1. The van der Waals surface area contributed by atoms with Crippen LogP contribution in [0.5, 0.6) is 0 Å². The summed E-state index contributed by atoms with van der Waals surface area (Å²) in [6.45, 7) is 4.97. The summed E-state index contributed by atoms with van der Waals surface area (Å²) in [5, 5.41) is 10.5. The summed E-state index contributed by atoms with van der Waals surface area (Å²) in [6, 6.07) is 0. The summed E-state index contributed by atoms with van der Waals surface area (Å²) < 4.78 is 14.4. The van der Waals surface area contributed by atoms with Gasteiger partial charge in [0.25, 0.3) is 0 Å². The van der Waals surface area contributed by atoms with Crippen molar-refractivity contribution >= 4 is 11.8 Å². The Morgan fingerprint density at radius 2 is 1.84 bits per heavy atom. The zero-order valence-corrected chi connectivity index (χ0v) is 11.8. The van der Waals surface area contributed by atoms with Crippen molar-refractivity contribution in [3.8, 4) is 0 Å². The molecule has 0 aliphatic carbocycles. The fourth-order valence-electron chi connectivity index (χ4n) is 1.94. The van der Waals surface area contributed by atoms with Gasteiger partial charge in [-0.2, -0.15) is 0 Å². The van der Waals surface area contributed by atoms with Crippen molar-refractivity contribution in [2.75, 3.05) is 21.3 Å². The molecular formula is C13H22O6. The number of carbonyl (C=O) groups excluding carboxylic acids is 2. The number of hydrogen-bond acceptors (Lipinski definition) is 6. The van der Waals surface area contributed by atoms with Crippen LogP contribution in [0.25, 0.3) is 0 Å². The molecule has 0 amide bonds. The van der Waals surface area contributed by atoms with Gasteiger partial charge in [-0.25, -0.2) is 0 Å². The van der Waals surface area contributed by atoms with E-state index in [1.165, 1.54) is 34.3 Å². The molecule has 6 heteroatoms. The Hall–Kier alpha value is -1.24. The fraction of sp³-hybridized carbons (Fsp3) is 0.692. The van der Waals surface area contributed by atoms with Gasteiger partial charge >= 0.3 is 5.97 Å². The highest BCUT2D eigenvalue weighted by molar-refractivity contribution is 5.97. The molecule has 0 bridgehead atoms. The van der Waals surface area contributed by atoms with E-state index in [1.807, 2.05) is 0 Å². The van der Waals surface area contributed by atoms with Crippen molar-refractivity contribution in [1.82, 2.24) is 0 Å². The lowest BCUT2D eigenvalue weighted by Crippen LogP contribution is -2.51. The number of carbonyl (C=O) groups is 2. The highest BCUT2D eigenvalue weighted by atomic mass is 16.7. The molecule has 0 aromatic carbocycles. The SMILES string of the molecule is C=CCC(C(=O)CC(=O)OC)C(C)(O)C(OC)OC. The van der Waals surface area contributed by atoms with Crippen LogP contribution in [0.2, 0.25) is 0 Å². The van der Waals surface area contributed by atoms with Gasteiger partial charge in [0.05, 0.1) is 13.0 Å². The quantitative estimate of drug-likeness (QED) is 0.288. The Bertz CT molecular complexity index is 319. The first kappa shape index (κ1) is 17.8. The Morgan fingerprint density at radius 1 is 1.32 bits per heavy atom. The Balaban J connectivity index is 5.11. The molecule has 0 aromatic rings. The average molecular weight is 274 g/mol. The van der Waals surface area contributed by atoms with Gasteiger partial charge in [0.1, 0.15) is 17.8 Å². The van der Waals surface area contributed by atoms with Crippen molar-refractivity contribution in [3.63, 3.8) is 0 Å². The number of aliphatic hydroxyl groups is 1. The fourth-order valence-corrected chi connectivity index (χ4v) is 1.94. The van der Waals surface area contributed by atoms with Gasteiger partial charge in [0.2, 0.25) is 0 Å². The van der Waals surface area contributed by atoms with Crippen LogP contribution in [-0.4, -0.2) is 50.1 Å². The highest BCUT2D eigenvalue weighted by Crippen LogP contribution is 2.29. The molecule has 0 fully saturated rings. The minimum atomic E-state index is -1.58. The third-order valence-corrected chi connectivity index (χ3v) is 2.95. The summed E-state index contributed by atoms with van der Waals surface area (Å²) in [5.74, 6) is -1.97. The third kappa shape index (κ3) is 4.74. The van der Waals surface area contributed by atoms with Crippen LogP contribution < -0.4 is 0 Å².